The topological polar surface area (TPSA) is 191 Å². The minimum absolute atomic E-state index is 0. The number of benzene rings is 1. The third-order valence-corrected chi connectivity index (χ3v) is 5.82. The van der Waals surface area contributed by atoms with Crippen molar-refractivity contribution in [3.63, 3.8) is 0 Å². The Morgan fingerprint density at radius 2 is 2.03 bits per heavy atom. The molecule has 2 amide bonds. The molecule has 13 nitrogen and oxygen atoms in total. The van der Waals surface area contributed by atoms with E-state index in [0.29, 0.717) is 0 Å². The summed E-state index contributed by atoms with van der Waals surface area (Å²) >= 11 is 1.02. The molecule has 1 fully saturated rings. The Morgan fingerprint density at radius 1 is 1.36 bits per heavy atom. The maximum atomic E-state index is 12.8. The summed E-state index contributed by atoms with van der Waals surface area (Å²) in [4.78, 5) is 46.1. The Balaban J connectivity index is 0.00000289. The first kappa shape index (κ1) is 26.7. The molecule has 2 aromatic rings. The largest absolute Gasteiger partial charge is 1.00 e. The molecule has 172 valence electrons. The predicted molar refractivity (Wildman–Crippen MR) is 112 cm³/mol. The number of methoxy groups -OCH3 is 1. The maximum absolute atomic E-state index is 12.8. The number of hydrogen-bond acceptors (Lipinski definition) is 11. The SMILES string of the molecule is COC(=O)C1C(NC(=O)/C(=N\OCc2ccccc2)c2csc(N)n2)C(=O)N1S(=O)(=O)O.[H-].[Na+]. The van der Waals surface area contributed by atoms with Crippen LogP contribution in [0.25, 0.3) is 0 Å². The molecule has 1 saturated heterocycles. The number of carbonyl (C=O) groups is 3. The van der Waals surface area contributed by atoms with E-state index in [0.717, 1.165) is 24.0 Å². The Bertz CT molecular complexity index is 1180. The fourth-order valence-corrected chi connectivity index (χ4v) is 4.15. The standard InChI is InChI=1S/C17H17N5O8S2.Na.H/c1-29-16(25)13-12(15(24)22(13)32(26,27)28)20-14(23)11(10-8-31-17(18)19-10)21-30-7-9-5-3-2-4-6-9;;/h2-6,8,12-13H,7H2,1H3,(H2,18,19)(H,20,23)(H,26,27,28);;/q;+1;-1/b21-11-;;. The van der Waals surface area contributed by atoms with Gasteiger partial charge in [0.2, 0.25) is 0 Å². The molecule has 0 bridgehead atoms. The van der Waals surface area contributed by atoms with E-state index < -0.39 is 40.2 Å². The summed E-state index contributed by atoms with van der Waals surface area (Å²) in [6, 6.07) is 5.50. The average Bonchev–Trinajstić information content (AvgIpc) is 3.17. The summed E-state index contributed by atoms with van der Waals surface area (Å²) < 4.78 is 36.3. The number of rotatable bonds is 8. The van der Waals surface area contributed by atoms with Gasteiger partial charge in [-0.1, -0.05) is 35.5 Å². The monoisotopic (exact) mass is 507 g/mol. The van der Waals surface area contributed by atoms with E-state index in [2.05, 4.69) is 20.2 Å². The molecule has 3 rings (SSSR count). The van der Waals surface area contributed by atoms with Gasteiger partial charge in [0.1, 0.15) is 18.3 Å². The number of ether oxygens (including phenoxy) is 1. The van der Waals surface area contributed by atoms with Crippen LogP contribution in [-0.2, 0) is 40.9 Å². The third-order valence-electron chi connectivity index (χ3n) is 4.24. The number of nitrogen functional groups attached to an aromatic ring is 1. The first-order valence-corrected chi connectivity index (χ1v) is 11.1. The molecule has 1 aliphatic rings. The molecule has 0 spiro atoms. The maximum Gasteiger partial charge on any atom is 1.00 e. The molecule has 1 aliphatic heterocycles. The summed E-state index contributed by atoms with van der Waals surface area (Å²) in [6.07, 6.45) is 0. The molecule has 2 unspecified atom stereocenters. The number of carbonyl (C=O) groups excluding carboxylic acids is 3. The van der Waals surface area contributed by atoms with Crippen LogP contribution in [0.15, 0.2) is 40.9 Å². The summed E-state index contributed by atoms with van der Waals surface area (Å²) in [5.74, 6) is -3.39. The summed E-state index contributed by atoms with van der Waals surface area (Å²) in [5, 5.41) is 7.53. The molecular formula is C17H18N5NaO8S2. The minimum atomic E-state index is -5.05. The van der Waals surface area contributed by atoms with Gasteiger partial charge in [-0.3, -0.25) is 14.1 Å². The average molecular weight is 507 g/mol. The number of hydrogen-bond donors (Lipinski definition) is 3. The van der Waals surface area contributed by atoms with E-state index >= 15 is 0 Å². The van der Waals surface area contributed by atoms with Crippen molar-refractivity contribution in [1.29, 1.82) is 0 Å². The molecular weight excluding hydrogens is 489 g/mol. The van der Waals surface area contributed by atoms with Crippen LogP contribution >= 0.6 is 11.3 Å². The normalized spacial score (nSPS) is 18.1. The summed E-state index contributed by atoms with van der Waals surface area (Å²) in [7, 11) is -4.10. The number of anilines is 1. The van der Waals surface area contributed by atoms with E-state index in [1.807, 2.05) is 6.07 Å². The van der Waals surface area contributed by atoms with E-state index in [-0.39, 0.29) is 58.4 Å². The number of β-lactam (4-membered cyclic amide) rings is 1. The molecule has 0 aliphatic carbocycles. The number of thiazole rings is 1. The van der Waals surface area contributed by atoms with Gasteiger partial charge in [-0.25, -0.2) is 9.78 Å². The predicted octanol–water partition coefficient (Wildman–Crippen LogP) is -3.57. The fourth-order valence-electron chi connectivity index (χ4n) is 2.77. The van der Waals surface area contributed by atoms with Crippen LogP contribution in [0, 0.1) is 0 Å². The number of aromatic nitrogens is 1. The van der Waals surface area contributed by atoms with Crippen molar-refractivity contribution in [2.75, 3.05) is 12.8 Å². The van der Waals surface area contributed by atoms with Crippen molar-refractivity contribution in [2.45, 2.75) is 18.7 Å². The molecule has 4 N–H and O–H groups in total. The van der Waals surface area contributed by atoms with Gasteiger partial charge in [-0.05, 0) is 5.56 Å². The van der Waals surface area contributed by atoms with Crippen molar-refractivity contribution < 1.29 is 67.9 Å². The number of nitrogens with two attached hydrogens (primary N) is 1. The number of oxime groups is 1. The van der Waals surface area contributed by atoms with Crippen molar-refractivity contribution in [2.24, 2.45) is 5.16 Å². The van der Waals surface area contributed by atoms with Gasteiger partial charge in [0.25, 0.3) is 11.8 Å². The molecule has 1 aromatic carbocycles. The van der Waals surface area contributed by atoms with Crippen LogP contribution in [-0.4, -0.2) is 64.9 Å². The van der Waals surface area contributed by atoms with Crippen LogP contribution in [0.5, 0.6) is 0 Å². The molecule has 0 radical (unpaired) electrons. The van der Waals surface area contributed by atoms with Gasteiger partial charge in [0.05, 0.1) is 7.11 Å². The number of esters is 1. The molecule has 0 saturated carbocycles. The van der Waals surface area contributed by atoms with Gasteiger partial charge >= 0.3 is 45.8 Å². The fraction of sp³-hybridized carbons (Fsp3) is 0.235. The van der Waals surface area contributed by atoms with Gasteiger partial charge in [0, 0.05) is 5.38 Å². The summed E-state index contributed by atoms with van der Waals surface area (Å²) in [5.41, 5.74) is 6.04. The van der Waals surface area contributed by atoms with Crippen LogP contribution in [0.3, 0.4) is 0 Å². The van der Waals surface area contributed by atoms with E-state index in [1.165, 1.54) is 5.38 Å². The quantitative estimate of drug-likeness (QED) is 0.0804. The second-order valence-electron chi connectivity index (χ2n) is 6.30. The Kier molecular flexibility index (Phi) is 8.93. The second kappa shape index (κ2) is 11.0. The van der Waals surface area contributed by atoms with Crippen LogP contribution in [0.1, 0.15) is 12.7 Å². The van der Waals surface area contributed by atoms with E-state index in [1.54, 1.807) is 24.3 Å². The van der Waals surface area contributed by atoms with Crippen LogP contribution < -0.4 is 40.6 Å². The van der Waals surface area contributed by atoms with Gasteiger partial charge in [-0.15, -0.1) is 11.3 Å². The number of nitrogens with zero attached hydrogens (tertiary/aromatic N) is 3. The first-order chi connectivity index (χ1) is 15.1. The Morgan fingerprint density at radius 3 is 2.58 bits per heavy atom. The van der Waals surface area contributed by atoms with Crippen molar-refractivity contribution in [3.05, 3.63) is 47.0 Å². The zero-order valence-corrected chi connectivity index (χ0v) is 21.0. The Hall–Kier alpha value is -2.56. The van der Waals surface area contributed by atoms with Crippen molar-refractivity contribution >= 4 is 50.3 Å². The van der Waals surface area contributed by atoms with Crippen molar-refractivity contribution in [3.8, 4) is 0 Å². The van der Waals surface area contributed by atoms with Gasteiger partial charge in [0.15, 0.2) is 16.9 Å². The van der Waals surface area contributed by atoms with Gasteiger partial charge in [-0.2, -0.15) is 12.7 Å². The zero-order valence-electron chi connectivity index (χ0n) is 18.4. The van der Waals surface area contributed by atoms with Crippen LogP contribution in [0.4, 0.5) is 5.13 Å². The summed E-state index contributed by atoms with van der Waals surface area (Å²) in [6.45, 7) is 0.0148. The molecule has 1 aromatic heterocycles. The molecule has 33 heavy (non-hydrogen) atoms. The number of amides is 2. The van der Waals surface area contributed by atoms with E-state index in [9.17, 15) is 27.4 Å². The van der Waals surface area contributed by atoms with E-state index in [4.69, 9.17) is 10.6 Å². The molecule has 16 heteroatoms. The smallest absolute Gasteiger partial charge is 1.00 e. The van der Waals surface area contributed by atoms with Crippen LogP contribution in [0.2, 0.25) is 0 Å². The molecule has 2 atom stereocenters. The number of nitrogens with one attached hydrogen (secondary N) is 1. The minimum Gasteiger partial charge on any atom is -1.00 e. The zero-order chi connectivity index (χ0) is 23.5. The Labute approximate surface area is 215 Å². The third kappa shape index (κ3) is 6.07. The second-order valence-corrected chi connectivity index (χ2v) is 8.48. The van der Waals surface area contributed by atoms with Crippen molar-refractivity contribution in [1.82, 2.24) is 14.6 Å². The molecule has 2 heterocycles. The first-order valence-electron chi connectivity index (χ1n) is 8.78. The van der Waals surface area contributed by atoms with Gasteiger partial charge < -0.3 is 22.1 Å².